The van der Waals surface area contributed by atoms with Gasteiger partial charge in [-0.15, -0.1) is 5.10 Å². The topological polar surface area (TPSA) is 130 Å². The van der Waals surface area contributed by atoms with Gasteiger partial charge < -0.3 is 5.73 Å². The quantitative estimate of drug-likeness (QED) is 0.436. The van der Waals surface area contributed by atoms with E-state index in [4.69, 9.17) is 22.3 Å². The molecule has 3 aromatic heterocycles. The molecule has 0 spiro atoms. The van der Waals surface area contributed by atoms with Crippen LogP contribution in [0.2, 0.25) is 5.02 Å². The molecule has 2 N–H and O–H groups in total. The number of nitrogen functional groups attached to an aromatic ring is 1. The fourth-order valence-corrected chi connectivity index (χ4v) is 4.76. The Morgan fingerprint density at radius 2 is 2.00 bits per heavy atom. The van der Waals surface area contributed by atoms with Crippen LogP contribution in [0.15, 0.2) is 58.7 Å². The van der Waals surface area contributed by atoms with Crippen LogP contribution >= 0.6 is 11.6 Å². The zero-order valence-corrected chi connectivity index (χ0v) is 18.9. The van der Waals surface area contributed by atoms with Crippen molar-refractivity contribution in [1.82, 2.24) is 34.7 Å². The lowest BCUT2D eigenvalue weighted by molar-refractivity contribution is 0.581. The van der Waals surface area contributed by atoms with E-state index in [1.165, 1.54) is 17.1 Å². The van der Waals surface area contributed by atoms with Crippen LogP contribution in [0.4, 0.5) is 10.2 Å². The zero-order chi connectivity index (χ0) is 24.1. The van der Waals surface area contributed by atoms with E-state index in [1.807, 2.05) is 0 Å². The summed E-state index contributed by atoms with van der Waals surface area (Å²) in [5.74, 6) is 0.131. The standard InChI is InChI=1S/C23H17ClFN9O/c24-13-1-3-18(33-11-28-31-32-33)15(8-13)16-9-22(35)34-19(4-6-21(34)29-16)17-7-12(10-27-17)14-2-5-20(26)30-23(14)25/h1-3,5,8-11,19H,4,6-7H2,(H2,26,30)/t19-/m0/s1. The summed E-state index contributed by atoms with van der Waals surface area (Å²) in [5, 5.41) is 11.8. The number of anilines is 1. The second-order valence-corrected chi connectivity index (χ2v) is 8.70. The van der Waals surface area contributed by atoms with E-state index in [2.05, 4.69) is 25.5 Å². The predicted octanol–water partition coefficient (Wildman–Crippen LogP) is 3.03. The number of pyridine rings is 1. The van der Waals surface area contributed by atoms with Crippen molar-refractivity contribution in [2.75, 3.05) is 5.73 Å². The van der Waals surface area contributed by atoms with Crippen LogP contribution in [0.25, 0.3) is 22.5 Å². The Morgan fingerprint density at radius 3 is 2.80 bits per heavy atom. The first kappa shape index (κ1) is 21.3. The van der Waals surface area contributed by atoms with Crippen molar-refractivity contribution in [1.29, 1.82) is 0 Å². The summed E-state index contributed by atoms with van der Waals surface area (Å²) < 4.78 is 17.5. The molecule has 0 amide bonds. The predicted molar refractivity (Wildman–Crippen MR) is 128 cm³/mol. The number of nitrogens with zero attached hydrogens (tertiary/aromatic N) is 8. The number of hydrogen-bond donors (Lipinski definition) is 1. The number of aryl methyl sites for hydroxylation is 1. The Morgan fingerprint density at radius 1 is 1.11 bits per heavy atom. The number of nitrogens with two attached hydrogens (primary N) is 1. The molecule has 4 aromatic rings. The number of tetrazole rings is 1. The van der Waals surface area contributed by atoms with Gasteiger partial charge in [-0.1, -0.05) is 11.6 Å². The van der Waals surface area contributed by atoms with Crippen molar-refractivity contribution in [3.05, 3.63) is 81.6 Å². The molecule has 2 aliphatic heterocycles. The molecule has 1 aromatic carbocycles. The maximum absolute atomic E-state index is 14.3. The van der Waals surface area contributed by atoms with Crippen LogP contribution in [0, 0.1) is 5.95 Å². The molecule has 5 heterocycles. The fourth-order valence-electron chi connectivity index (χ4n) is 4.59. The Balaban J connectivity index is 1.33. The van der Waals surface area contributed by atoms with Gasteiger partial charge >= 0.3 is 0 Å². The summed E-state index contributed by atoms with van der Waals surface area (Å²) in [5.41, 5.74) is 8.96. The van der Waals surface area contributed by atoms with E-state index in [1.54, 1.807) is 41.1 Å². The van der Waals surface area contributed by atoms with E-state index in [0.717, 1.165) is 5.71 Å². The number of rotatable bonds is 4. The van der Waals surface area contributed by atoms with Crippen LogP contribution in [0.5, 0.6) is 0 Å². The zero-order valence-electron chi connectivity index (χ0n) is 18.1. The lowest BCUT2D eigenvalue weighted by Crippen LogP contribution is -2.28. The van der Waals surface area contributed by atoms with Crippen LogP contribution in [-0.2, 0) is 6.42 Å². The van der Waals surface area contributed by atoms with Crippen molar-refractivity contribution < 1.29 is 4.39 Å². The van der Waals surface area contributed by atoms with Gasteiger partial charge in [0, 0.05) is 47.0 Å². The van der Waals surface area contributed by atoms with Crippen LogP contribution in [0.1, 0.15) is 30.3 Å². The van der Waals surface area contributed by atoms with Gasteiger partial charge in [-0.25, -0.2) is 9.97 Å². The number of benzene rings is 1. The molecular formula is C23H17ClFN9O. The Kier molecular flexibility index (Phi) is 4.99. The van der Waals surface area contributed by atoms with E-state index in [0.29, 0.717) is 58.2 Å². The van der Waals surface area contributed by atoms with Crippen LogP contribution < -0.4 is 11.3 Å². The first-order valence-corrected chi connectivity index (χ1v) is 11.2. The molecule has 1 atom stereocenters. The summed E-state index contributed by atoms with van der Waals surface area (Å²) in [4.78, 5) is 26.3. The average molecular weight is 490 g/mol. The van der Waals surface area contributed by atoms with Crippen molar-refractivity contribution in [3.8, 4) is 16.9 Å². The normalized spacial score (nSPS) is 16.8. The third-order valence-corrected chi connectivity index (χ3v) is 6.40. The van der Waals surface area contributed by atoms with Crippen LogP contribution in [-0.4, -0.2) is 40.5 Å². The fraction of sp³-hybridized carbons (Fsp3) is 0.174. The Labute approximate surface area is 202 Å². The lowest BCUT2D eigenvalue weighted by Gasteiger charge is -2.16. The molecule has 0 radical (unpaired) electrons. The second kappa shape index (κ2) is 8.20. The minimum atomic E-state index is -0.636. The minimum Gasteiger partial charge on any atom is -0.384 e. The molecule has 0 fully saturated rings. The average Bonchev–Trinajstić information content (AvgIpc) is 3.59. The molecule has 6 rings (SSSR count). The molecule has 10 nitrogen and oxygen atoms in total. The van der Waals surface area contributed by atoms with Gasteiger partial charge in [-0.3, -0.25) is 14.4 Å². The Bertz CT molecular complexity index is 1590. The first-order chi connectivity index (χ1) is 17.0. The Hall–Kier alpha value is -4.25. The third kappa shape index (κ3) is 3.69. The van der Waals surface area contributed by atoms with Crippen molar-refractivity contribution in [2.45, 2.75) is 25.3 Å². The molecule has 12 heteroatoms. The number of aliphatic imine (C=N–C) groups is 1. The largest absolute Gasteiger partial charge is 0.384 e. The summed E-state index contributed by atoms with van der Waals surface area (Å²) in [6, 6.07) is 9.60. The third-order valence-electron chi connectivity index (χ3n) is 6.17. The molecule has 0 aliphatic carbocycles. The van der Waals surface area contributed by atoms with Gasteiger partial charge in [0.1, 0.15) is 18.0 Å². The molecule has 0 saturated heterocycles. The van der Waals surface area contributed by atoms with E-state index >= 15 is 0 Å². The molecule has 0 bridgehead atoms. The number of allylic oxidation sites excluding steroid dienone is 1. The highest BCUT2D eigenvalue weighted by molar-refractivity contribution is 6.31. The van der Waals surface area contributed by atoms with Gasteiger partial charge in [-0.05, 0) is 52.8 Å². The monoisotopic (exact) mass is 489 g/mol. The number of hydrogen-bond acceptors (Lipinski definition) is 8. The number of aromatic nitrogens is 7. The lowest BCUT2D eigenvalue weighted by atomic mass is 9.99. The van der Waals surface area contributed by atoms with Gasteiger partial charge in [-0.2, -0.15) is 9.07 Å². The highest BCUT2D eigenvalue weighted by Crippen LogP contribution is 2.35. The highest BCUT2D eigenvalue weighted by atomic mass is 35.5. The molecule has 0 unspecified atom stereocenters. The molecular weight excluding hydrogens is 473 g/mol. The summed E-state index contributed by atoms with van der Waals surface area (Å²) in [6.07, 6.45) is 4.77. The minimum absolute atomic E-state index is 0.118. The summed E-state index contributed by atoms with van der Waals surface area (Å²) in [6.45, 7) is 0. The van der Waals surface area contributed by atoms with Gasteiger partial charge in [0.15, 0.2) is 0 Å². The molecule has 174 valence electrons. The van der Waals surface area contributed by atoms with Crippen molar-refractivity contribution >= 4 is 28.7 Å². The second-order valence-electron chi connectivity index (χ2n) is 8.26. The molecule has 0 saturated carbocycles. The maximum atomic E-state index is 14.3. The smallest absolute Gasteiger partial charge is 0.254 e. The van der Waals surface area contributed by atoms with E-state index in [9.17, 15) is 9.18 Å². The van der Waals surface area contributed by atoms with Gasteiger partial charge in [0.05, 0.1) is 17.4 Å². The maximum Gasteiger partial charge on any atom is 0.254 e. The number of halogens is 2. The summed E-state index contributed by atoms with van der Waals surface area (Å²) >= 11 is 6.25. The molecule has 35 heavy (non-hydrogen) atoms. The number of fused-ring (bicyclic) bond motifs is 1. The first-order valence-electron chi connectivity index (χ1n) is 10.8. The van der Waals surface area contributed by atoms with E-state index < -0.39 is 5.95 Å². The van der Waals surface area contributed by atoms with Gasteiger partial charge in [0.25, 0.3) is 5.56 Å². The molecule has 2 aliphatic rings. The van der Waals surface area contributed by atoms with Crippen molar-refractivity contribution in [2.24, 2.45) is 4.99 Å². The highest BCUT2D eigenvalue weighted by Gasteiger charge is 2.31. The SMILES string of the molecule is Nc1ccc(C2=CN=C([C@@H]3CCc4nc(-c5cc(Cl)ccc5-n5cnnn5)cc(=O)n43)C2)c(F)n1. The van der Waals surface area contributed by atoms with E-state index in [-0.39, 0.29) is 17.4 Å². The van der Waals surface area contributed by atoms with Crippen molar-refractivity contribution in [3.63, 3.8) is 0 Å². The van der Waals surface area contributed by atoms with Gasteiger partial charge in [0.2, 0.25) is 5.95 Å². The summed E-state index contributed by atoms with van der Waals surface area (Å²) in [7, 11) is 0. The van der Waals surface area contributed by atoms with Crippen LogP contribution in [0.3, 0.4) is 0 Å².